The molecule has 0 aliphatic heterocycles. The fourth-order valence-corrected chi connectivity index (χ4v) is 3.73. The summed E-state index contributed by atoms with van der Waals surface area (Å²) in [4.78, 5) is 18.4. The van der Waals surface area contributed by atoms with Gasteiger partial charge in [0.2, 0.25) is 0 Å². The number of nitrogens with zero attached hydrogens (tertiary/aromatic N) is 1. The maximum Gasteiger partial charge on any atom is 0.261 e. The largest absolute Gasteiger partial charge is 0.497 e. The van der Waals surface area contributed by atoms with Gasteiger partial charge in [0.25, 0.3) is 5.91 Å². The summed E-state index contributed by atoms with van der Waals surface area (Å²) in [5.74, 6) is 1.08. The molecule has 0 spiro atoms. The van der Waals surface area contributed by atoms with Crippen LogP contribution in [0.1, 0.15) is 54.4 Å². The Balaban J connectivity index is 2.13. The van der Waals surface area contributed by atoms with Gasteiger partial charge in [-0.1, -0.05) is 39.0 Å². The van der Waals surface area contributed by atoms with Crippen LogP contribution in [0.15, 0.2) is 48.5 Å². The van der Waals surface area contributed by atoms with Gasteiger partial charge >= 0.3 is 0 Å². The van der Waals surface area contributed by atoms with Crippen molar-refractivity contribution >= 4 is 11.6 Å². The number of pyridine rings is 1. The zero-order chi connectivity index (χ0) is 23.1. The third-order valence-electron chi connectivity index (χ3n) is 5.40. The van der Waals surface area contributed by atoms with Crippen LogP contribution in [-0.2, 0) is 12.8 Å². The number of carbonyl (C=O) groups excluding carboxylic acids is 1. The van der Waals surface area contributed by atoms with Crippen LogP contribution in [0.2, 0.25) is 0 Å². The smallest absolute Gasteiger partial charge is 0.261 e. The Labute approximate surface area is 190 Å². The number of amides is 1. The van der Waals surface area contributed by atoms with Crippen LogP contribution in [0.3, 0.4) is 0 Å². The lowest BCUT2D eigenvalue weighted by molar-refractivity contribution is 0.102. The second-order valence-electron chi connectivity index (χ2n) is 7.67. The maximum atomic E-state index is 13.7. The van der Waals surface area contributed by atoms with Crippen LogP contribution in [0.5, 0.6) is 11.5 Å². The van der Waals surface area contributed by atoms with Gasteiger partial charge in [-0.3, -0.25) is 9.78 Å². The third-order valence-corrected chi connectivity index (χ3v) is 5.40. The van der Waals surface area contributed by atoms with E-state index in [0.29, 0.717) is 23.6 Å². The third kappa shape index (κ3) is 5.10. The number of aromatic nitrogens is 1. The summed E-state index contributed by atoms with van der Waals surface area (Å²) in [5, 5.41) is 3.18. The van der Waals surface area contributed by atoms with Gasteiger partial charge in [0.05, 0.1) is 19.4 Å². The summed E-state index contributed by atoms with van der Waals surface area (Å²) in [6.45, 7) is 8.67. The normalized spacial score (nSPS) is 10.7. The minimum absolute atomic E-state index is 0.218. The number of nitrogens with one attached hydrogen (secondary N) is 1. The lowest BCUT2D eigenvalue weighted by Gasteiger charge is -2.19. The summed E-state index contributed by atoms with van der Waals surface area (Å²) in [6, 6.07) is 15.6. The van der Waals surface area contributed by atoms with Gasteiger partial charge in [-0.25, -0.2) is 0 Å². The first kappa shape index (κ1) is 23.3. The van der Waals surface area contributed by atoms with E-state index < -0.39 is 0 Å². The minimum Gasteiger partial charge on any atom is -0.497 e. The molecule has 3 rings (SSSR count). The van der Waals surface area contributed by atoms with Crippen molar-refractivity contribution in [2.75, 3.05) is 19.0 Å². The van der Waals surface area contributed by atoms with E-state index >= 15 is 0 Å². The Kier molecular flexibility index (Phi) is 7.87. The number of aryl methyl sites for hydroxylation is 3. The van der Waals surface area contributed by atoms with Crippen molar-refractivity contribution in [3.8, 4) is 22.8 Å². The van der Waals surface area contributed by atoms with Crippen LogP contribution in [-0.4, -0.2) is 24.6 Å². The first-order valence-electron chi connectivity index (χ1n) is 11.2. The van der Waals surface area contributed by atoms with Gasteiger partial charge in [-0.15, -0.1) is 0 Å². The number of carbonyl (C=O) groups is 1. The van der Waals surface area contributed by atoms with E-state index in [0.717, 1.165) is 53.1 Å². The number of hydrogen-bond donors (Lipinski definition) is 1. The molecule has 0 aliphatic carbocycles. The highest BCUT2D eigenvalue weighted by Gasteiger charge is 2.23. The maximum absolute atomic E-state index is 13.7. The molecule has 0 saturated carbocycles. The van der Waals surface area contributed by atoms with Gasteiger partial charge in [0, 0.05) is 23.0 Å². The summed E-state index contributed by atoms with van der Waals surface area (Å²) < 4.78 is 11.3. The molecule has 0 radical (unpaired) electrons. The van der Waals surface area contributed by atoms with E-state index in [4.69, 9.17) is 14.5 Å². The lowest BCUT2D eigenvalue weighted by Crippen LogP contribution is -2.18. The van der Waals surface area contributed by atoms with Gasteiger partial charge < -0.3 is 14.8 Å². The molecule has 3 aromatic rings. The molecule has 0 saturated heterocycles. The summed E-state index contributed by atoms with van der Waals surface area (Å²) in [7, 11) is 1.63. The van der Waals surface area contributed by atoms with Crippen molar-refractivity contribution in [2.24, 2.45) is 0 Å². The van der Waals surface area contributed by atoms with Crippen molar-refractivity contribution in [3.63, 3.8) is 0 Å². The number of benzene rings is 2. The Morgan fingerprint density at radius 3 is 2.22 bits per heavy atom. The predicted molar refractivity (Wildman–Crippen MR) is 130 cm³/mol. The van der Waals surface area contributed by atoms with Crippen LogP contribution in [0, 0.1) is 6.92 Å². The van der Waals surface area contributed by atoms with Crippen molar-refractivity contribution in [2.45, 2.75) is 47.0 Å². The zero-order valence-electron chi connectivity index (χ0n) is 19.6. The molecule has 0 bridgehead atoms. The molecule has 32 heavy (non-hydrogen) atoms. The van der Waals surface area contributed by atoms with Crippen molar-refractivity contribution in [1.29, 1.82) is 0 Å². The van der Waals surface area contributed by atoms with Crippen LogP contribution in [0.4, 0.5) is 5.69 Å². The van der Waals surface area contributed by atoms with E-state index in [-0.39, 0.29) is 5.91 Å². The van der Waals surface area contributed by atoms with Gasteiger partial charge in [-0.2, -0.15) is 0 Å². The average molecular weight is 433 g/mol. The minimum atomic E-state index is -0.218. The molecule has 1 N–H and O–H groups in total. The zero-order valence-corrected chi connectivity index (χ0v) is 19.6. The fourth-order valence-electron chi connectivity index (χ4n) is 3.73. The monoisotopic (exact) mass is 432 g/mol. The average Bonchev–Trinajstić information content (AvgIpc) is 2.82. The van der Waals surface area contributed by atoms with Crippen LogP contribution >= 0.6 is 0 Å². The van der Waals surface area contributed by atoms with Gasteiger partial charge in [-0.05, 0) is 61.6 Å². The Hall–Kier alpha value is -3.34. The SMILES string of the molecule is CCCOc1cc(C)nc(-c2ccc(OC)cc2)c1C(=O)Nc1c(CC)cccc1CC. The summed E-state index contributed by atoms with van der Waals surface area (Å²) in [6.07, 6.45) is 2.51. The number of ether oxygens (including phenoxy) is 2. The molecule has 1 aromatic heterocycles. The Bertz CT molecular complexity index is 1050. The molecule has 2 aromatic carbocycles. The molecule has 0 fully saturated rings. The molecule has 1 amide bonds. The number of hydrogen-bond acceptors (Lipinski definition) is 4. The first-order valence-corrected chi connectivity index (χ1v) is 11.2. The predicted octanol–water partition coefficient (Wildman–Crippen LogP) is 6.23. The highest BCUT2D eigenvalue weighted by molar-refractivity contribution is 6.10. The molecular weight excluding hydrogens is 400 g/mol. The quantitative estimate of drug-likeness (QED) is 0.435. The molecule has 1 heterocycles. The molecule has 168 valence electrons. The molecule has 5 nitrogen and oxygen atoms in total. The highest BCUT2D eigenvalue weighted by atomic mass is 16.5. The van der Waals surface area contributed by atoms with Crippen LogP contribution in [0.25, 0.3) is 11.3 Å². The number of para-hydroxylation sites is 1. The second-order valence-corrected chi connectivity index (χ2v) is 7.67. The molecular formula is C27H32N2O3. The number of anilines is 1. The molecule has 0 aliphatic rings. The summed E-state index contributed by atoms with van der Waals surface area (Å²) in [5.41, 5.74) is 5.78. The Morgan fingerprint density at radius 1 is 1.00 bits per heavy atom. The molecule has 5 heteroatoms. The topological polar surface area (TPSA) is 60.5 Å². The van der Waals surface area contributed by atoms with E-state index in [1.807, 2.05) is 50.2 Å². The molecule has 0 unspecified atom stereocenters. The van der Waals surface area contributed by atoms with Crippen molar-refractivity contribution in [1.82, 2.24) is 4.98 Å². The van der Waals surface area contributed by atoms with Crippen molar-refractivity contribution < 1.29 is 14.3 Å². The van der Waals surface area contributed by atoms with E-state index in [9.17, 15) is 4.79 Å². The summed E-state index contributed by atoms with van der Waals surface area (Å²) >= 11 is 0. The standard InChI is InChI=1S/C27H32N2O3/c1-6-16-32-23-17-18(4)28-26(21-12-14-22(31-5)15-13-21)24(23)27(30)29-25-19(7-2)10-9-11-20(25)8-3/h9-15,17H,6-8,16H2,1-5H3,(H,29,30). The lowest BCUT2D eigenvalue weighted by atomic mass is 10.0. The molecule has 0 atom stereocenters. The van der Waals surface area contributed by atoms with Gasteiger partial charge in [0.1, 0.15) is 17.1 Å². The second kappa shape index (κ2) is 10.8. The van der Waals surface area contributed by atoms with E-state index in [1.165, 1.54) is 0 Å². The van der Waals surface area contributed by atoms with Crippen molar-refractivity contribution in [3.05, 3.63) is 70.9 Å². The number of rotatable bonds is 9. The van der Waals surface area contributed by atoms with Gasteiger partial charge in [0.15, 0.2) is 0 Å². The number of methoxy groups -OCH3 is 1. The first-order chi connectivity index (χ1) is 15.5. The van der Waals surface area contributed by atoms with E-state index in [2.05, 4.69) is 31.3 Å². The van der Waals surface area contributed by atoms with E-state index in [1.54, 1.807) is 7.11 Å². The Morgan fingerprint density at radius 2 is 1.66 bits per heavy atom. The highest BCUT2D eigenvalue weighted by Crippen LogP contribution is 2.33. The fraction of sp³-hybridized carbons (Fsp3) is 0.333. The van der Waals surface area contributed by atoms with Crippen LogP contribution < -0.4 is 14.8 Å².